The van der Waals surface area contributed by atoms with Crippen LogP contribution in [0.5, 0.6) is 0 Å². The summed E-state index contributed by atoms with van der Waals surface area (Å²) >= 11 is 6.59. The first-order valence-electron chi connectivity index (χ1n) is 8.58. The molecule has 0 saturated heterocycles. The van der Waals surface area contributed by atoms with Crippen LogP contribution in [0.25, 0.3) is 0 Å². The molecule has 0 unspecified atom stereocenters. The van der Waals surface area contributed by atoms with Crippen LogP contribution < -0.4 is 11.1 Å². The molecule has 0 atom stereocenters. The van der Waals surface area contributed by atoms with Gasteiger partial charge in [-0.15, -0.1) is 0 Å². The first kappa shape index (κ1) is 37.5. The molecule has 1 aromatic carbocycles. The number of nitrogens with two attached hydrogens (primary N) is 1. The zero-order chi connectivity index (χ0) is 24.5. The first-order chi connectivity index (χ1) is 14.9. The van der Waals surface area contributed by atoms with Crippen molar-refractivity contribution in [2.75, 3.05) is 32.9 Å². The van der Waals surface area contributed by atoms with Crippen LogP contribution in [-0.4, -0.2) is 50.0 Å². The molecule has 2 rings (SSSR count). The summed E-state index contributed by atoms with van der Waals surface area (Å²) in [7, 11) is 6.46. The second-order valence-corrected chi connectivity index (χ2v) is 8.61. The second-order valence-electron chi connectivity index (χ2n) is 4.86. The van der Waals surface area contributed by atoms with E-state index >= 15 is 0 Å². The molecule has 1 aliphatic carbocycles. The van der Waals surface area contributed by atoms with E-state index in [-0.39, 0.29) is 13.6 Å². The third kappa shape index (κ3) is 26.2. The summed E-state index contributed by atoms with van der Waals surface area (Å²) in [5.41, 5.74) is 6.50. The maximum absolute atomic E-state index is 10.8. The van der Waals surface area contributed by atoms with Crippen molar-refractivity contribution >= 4 is 62.7 Å². The lowest BCUT2D eigenvalue weighted by molar-refractivity contribution is -0.191. The zero-order valence-corrected chi connectivity index (χ0v) is 22.6. The Bertz CT molecular complexity index is 677. The molecule has 1 aliphatic rings. The summed E-state index contributed by atoms with van der Waals surface area (Å²) in [6.07, 6.45) is 13.5. The fourth-order valence-electron chi connectivity index (χ4n) is 1.45. The lowest BCUT2D eigenvalue weighted by Crippen LogP contribution is -2.18. The number of carbonyl (C=O) groups is 1. The van der Waals surface area contributed by atoms with Gasteiger partial charge in [0.2, 0.25) is 0 Å². The molecule has 0 saturated carbocycles. The first-order valence-corrected chi connectivity index (χ1v) is 13.2. The van der Waals surface area contributed by atoms with Gasteiger partial charge in [0.15, 0.2) is 0 Å². The van der Waals surface area contributed by atoms with Crippen LogP contribution in [-0.2, 0) is 20.9 Å². The van der Waals surface area contributed by atoms with Crippen molar-refractivity contribution in [2.45, 2.75) is 11.5 Å². The van der Waals surface area contributed by atoms with Gasteiger partial charge in [0.1, 0.15) is 6.61 Å². The monoisotopic (exact) mass is 517 g/mol. The van der Waals surface area contributed by atoms with Crippen molar-refractivity contribution in [3.05, 3.63) is 73.7 Å². The molecular formula is C22H33N2O4S4-. The fraction of sp³-hybridized carbons (Fsp3) is 0.273. The van der Waals surface area contributed by atoms with Crippen LogP contribution in [0.2, 0.25) is 0 Å². The largest absolute Gasteiger partial charge is 0.445 e. The Hall–Kier alpha value is -1.81. The van der Waals surface area contributed by atoms with Gasteiger partial charge in [0.25, 0.3) is 0 Å². The third-order valence-electron chi connectivity index (χ3n) is 2.60. The normalized spacial score (nSPS) is 9.94. The number of thiocarbonyl (C=S) groups is 1. The summed E-state index contributed by atoms with van der Waals surface area (Å²) < 4.78 is 4.92. The van der Waals surface area contributed by atoms with Gasteiger partial charge in [-0.25, -0.2) is 4.79 Å². The number of alkyl carbamates (subject to hydrolysis) is 1. The summed E-state index contributed by atoms with van der Waals surface area (Å²) in [4.78, 5) is 29.1. The van der Waals surface area contributed by atoms with Crippen molar-refractivity contribution in [1.82, 2.24) is 5.32 Å². The van der Waals surface area contributed by atoms with Gasteiger partial charge < -0.3 is 23.2 Å². The molecule has 3 N–H and O–H groups in total. The maximum atomic E-state index is 10.8. The van der Waals surface area contributed by atoms with Crippen LogP contribution >= 0.6 is 45.6 Å². The number of nitrogens with one attached hydrogen (secondary N) is 1. The van der Waals surface area contributed by atoms with E-state index in [0.717, 1.165) is 16.0 Å². The number of benzene rings is 1. The zero-order valence-electron chi connectivity index (χ0n) is 19.4. The Balaban J connectivity index is -0.000000194. The minimum absolute atomic E-state index is 0. The third-order valence-corrected chi connectivity index (χ3v) is 4.58. The van der Waals surface area contributed by atoms with E-state index in [4.69, 9.17) is 26.5 Å². The smallest absolute Gasteiger partial charge is 0.407 e. The van der Waals surface area contributed by atoms with Crippen LogP contribution in [0.15, 0.2) is 65.6 Å². The molecule has 0 heterocycles. The molecule has 0 aliphatic heterocycles. The lowest BCUT2D eigenvalue weighted by Gasteiger charge is -2.04. The number of allylic oxidation sites excluding steroid dienone is 5. The average Bonchev–Trinajstić information content (AvgIpc) is 2.78. The van der Waals surface area contributed by atoms with E-state index in [1.165, 1.54) is 11.9 Å². The van der Waals surface area contributed by atoms with E-state index in [0.29, 0.717) is 6.61 Å². The van der Waals surface area contributed by atoms with Gasteiger partial charge in [-0.3, -0.25) is 0 Å². The molecule has 32 heavy (non-hydrogen) atoms. The molecule has 180 valence electrons. The number of ether oxygens (including phenoxy) is 1. The van der Waals surface area contributed by atoms with Crippen molar-refractivity contribution in [1.29, 1.82) is 0 Å². The quantitative estimate of drug-likeness (QED) is 0.310. The minimum Gasteiger partial charge on any atom is -0.445 e. The summed E-state index contributed by atoms with van der Waals surface area (Å²) in [6.45, 7) is 4.02. The lowest BCUT2D eigenvalue weighted by atomic mass is 10.1. The Morgan fingerprint density at radius 3 is 1.88 bits per heavy atom. The molecule has 1 aromatic rings. The highest BCUT2D eigenvalue weighted by molar-refractivity contribution is 8.76. The number of carbonyl (C=O) groups excluding carboxylic acids is 3. The summed E-state index contributed by atoms with van der Waals surface area (Å²) in [5, 5.41) is 2.40. The number of thioether (sulfide) groups is 1. The number of hydrogen-bond donors (Lipinski definition) is 2. The predicted octanol–water partition coefficient (Wildman–Crippen LogP) is 5.37. The predicted molar refractivity (Wildman–Crippen MR) is 146 cm³/mol. The highest BCUT2D eigenvalue weighted by atomic mass is 33.1. The van der Waals surface area contributed by atoms with Crippen molar-refractivity contribution < 1.29 is 19.1 Å². The number of rotatable bonds is 4. The van der Waals surface area contributed by atoms with Crippen LogP contribution in [0, 0.1) is 7.43 Å². The molecule has 0 aromatic heterocycles. The van der Waals surface area contributed by atoms with E-state index in [1.807, 2.05) is 67.3 Å². The summed E-state index contributed by atoms with van der Waals surface area (Å²) in [6, 6.07) is 7.95. The van der Waals surface area contributed by atoms with E-state index in [2.05, 4.69) is 17.6 Å². The van der Waals surface area contributed by atoms with E-state index in [9.17, 15) is 4.79 Å². The topological polar surface area (TPSA) is 98.5 Å². The fourth-order valence-corrected chi connectivity index (χ4v) is 2.93. The number of hydrogen-bond acceptors (Lipinski definition) is 9. The molecule has 10 heteroatoms. The Labute approximate surface area is 210 Å². The molecule has 0 bridgehead atoms. The maximum Gasteiger partial charge on any atom is 0.407 e. The van der Waals surface area contributed by atoms with E-state index < -0.39 is 6.09 Å². The van der Waals surface area contributed by atoms with Crippen molar-refractivity contribution in [2.24, 2.45) is 5.73 Å². The Morgan fingerprint density at radius 2 is 1.53 bits per heavy atom. The van der Waals surface area contributed by atoms with Gasteiger partial charge in [-0.1, -0.05) is 64.7 Å². The highest BCUT2D eigenvalue weighted by Crippen LogP contribution is 2.28. The molecule has 0 fully saturated rings. The molecule has 1 amide bonds. The average molecular weight is 518 g/mol. The van der Waals surface area contributed by atoms with E-state index in [1.54, 1.807) is 40.4 Å². The molecule has 0 spiro atoms. The Morgan fingerprint density at radius 1 is 1.09 bits per heavy atom. The van der Waals surface area contributed by atoms with Gasteiger partial charge >= 0.3 is 12.2 Å². The van der Waals surface area contributed by atoms with Crippen molar-refractivity contribution in [3.8, 4) is 0 Å². The number of amides is 1. The molecule has 0 radical (unpaired) electrons. The van der Waals surface area contributed by atoms with Crippen LogP contribution in [0.3, 0.4) is 0 Å². The standard InChI is InChI=1S/C10H13NO2S2.C7H6S.C2H6S.CH5N.CO2.CH3/c1-11-10(12)13-7-8-3-5-9(6-4-8)15-14-2;1-6-2-4-7(8)5-3-6;1-3-2;1-2;2-1-3;/h3-6H,7H2,1-2H3,(H,11,12);2-5H,1H2;1-2H3;2H2,1H3;;1H3/q;;;;;-1. The van der Waals surface area contributed by atoms with Gasteiger partial charge in [-0.2, -0.15) is 21.4 Å². The van der Waals surface area contributed by atoms with Crippen LogP contribution in [0.4, 0.5) is 4.79 Å². The molecular weight excluding hydrogens is 485 g/mol. The molecule has 6 nitrogen and oxygen atoms in total. The SMILES string of the molecule is C=C1C=CC(=S)C=C1.CN.CNC(=O)OCc1ccc(SSC)cc1.CSC.O=C=O.[CH3-]. The van der Waals surface area contributed by atoms with Crippen LogP contribution in [0.1, 0.15) is 5.56 Å². The van der Waals surface area contributed by atoms with Gasteiger partial charge in [0.05, 0.1) is 0 Å². The summed E-state index contributed by atoms with van der Waals surface area (Å²) in [5.74, 6) is 0. The van der Waals surface area contributed by atoms with Crippen molar-refractivity contribution in [3.63, 3.8) is 0 Å². The second kappa shape index (κ2) is 29.2. The van der Waals surface area contributed by atoms with Gasteiger partial charge in [0, 0.05) is 16.8 Å². The highest BCUT2D eigenvalue weighted by Gasteiger charge is 1.99. The van der Waals surface area contributed by atoms with Gasteiger partial charge in [-0.05, 0) is 61.2 Å². The minimum atomic E-state index is -0.405. The Kier molecular flexibility index (Phi) is 34.2.